The standard InChI is InChI=1S/C27H27ClF4N4O2/c1-18-15-19(4-7-24(18)38-27(30,31)32)3-2-10-35-11-13-36(14-12-35)23-6-5-21(29)17-22(23)34-26(37)20-8-9-33-25(28)16-20/h2-9,16-18H,10-15H2,1H3,(H,34,37)/b3-2+. The van der Waals surface area contributed by atoms with Crippen molar-refractivity contribution < 1.29 is 27.1 Å². The Kier molecular flexibility index (Phi) is 8.73. The van der Waals surface area contributed by atoms with Crippen molar-refractivity contribution in [1.82, 2.24) is 9.88 Å². The number of hydrogen-bond donors (Lipinski definition) is 1. The molecule has 1 aliphatic carbocycles. The molecule has 1 atom stereocenters. The molecule has 38 heavy (non-hydrogen) atoms. The van der Waals surface area contributed by atoms with Gasteiger partial charge in [-0.05, 0) is 48.4 Å². The van der Waals surface area contributed by atoms with E-state index in [2.05, 4.69) is 24.8 Å². The number of carbonyl (C=O) groups excluding carboxylic acids is 1. The first-order valence-corrected chi connectivity index (χ1v) is 12.5. The highest BCUT2D eigenvalue weighted by molar-refractivity contribution is 6.29. The van der Waals surface area contributed by atoms with E-state index in [0.717, 1.165) is 24.4 Å². The van der Waals surface area contributed by atoms with Crippen LogP contribution in [0.25, 0.3) is 0 Å². The summed E-state index contributed by atoms with van der Waals surface area (Å²) in [5.41, 5.74) is 2.35. The van der Waals surface area contributed by atoms with E-state index in [1.54, 1.807) is 19.1 Å². The minimum atomic E-state index is -4.68. The largest absolute Gasteiger partial charge is 0.572 e. The number of halogens is 5. The van der Waals surface area contributed by atoms with E-state index in [1.165, 1.54) is 36.5 Å². The number of amides is 1. The Morgan fingerprint density at radius 1 is 1.18 bits per heavy atom. The van der Waals surface area contributed by atoms with Gasteiger partial charge in [-0.15, -0.1) is 13.2 Å². The van der Waals surface area contributed by atoms with Crippen LogP contribution in [0.4, 0.5) is 28.9 Å². The predicted octanol–water partition coefficient (Wildman–Crippen LogP) is 6.19. The lowest BCUT2D eigenvalue weighted by molar-refractivity contribution is -0.308. The van der Waals surface area contributed by atoms with E-state index < -0.39 is 18.1 Å². The summed E-state index contributed by atoms with van der Waals surface area (Å²) in [5, 5.41) is 2.97. The summed E-state index contributed by atoms with van der Waals surface area (Å²) in [6, 6.07) is 7.28. The second kappa shape index (κ2) is 12.0. The monoisotopic (exact) mass is 550 g/mol. The number of allylic oxidation sites excluding steroid dienone is 5. The first kappa shape index (κ1) is 27.7. The molecule has 0 radical (unpaired) electrons. The number of hydrogen-bond acceptors (Lipinski definition) is 5. The smallest absolute Gasteiger partial charge is 0.410 e. The van der Waals surface area contributed by atoms with Crippen LogP contribution < -0.4 is 10.2 Å². The number of anilines is 2. The maximum absolute atomic E-state index is 14.0. The molecule has 0 spiro atoms. The van der Waals surface area contributed by atoms with Crippen LogP contribution in [0, 0.1) is 11.7 Å². The van der Waals surface area contributed by atoms with Crippen LogP contribution >= 0.6 is 11.6 Å². The second-order valence-electron chi connectivity index (χ2n) is 9.14. The van der Waals surface area contributed by atoms with E-state index in [9.17, 15) is 22.4 Å². The van der Waals surface area contributed by atoms with E-state index in [1.807, 2.05) is 12.2 Å². The molecule has 4 rings (SSSR count). The van der Waals surface area contributed by atoms with Crippen LogP contribution in [0.2, 0.25) is 5.15 Å². The van der Waals surface area contributed by atoms with Gasteiger partial charge in [-0.1, -0.05) is 36.8 Å². The van der Waals surface area contributed by atoms with E-state index >= 15 is 0 Å². The lowest BCUT2D eigenvalue weighted by Crippen LogP contribution is -2.46. The van der Waals surface area contributed by atoms with Crippen molar-refractivity contribution in [1.29, 1.82) is 0 Å². The fourth-order valence-corrected chi connectivity index (χ4v) is 4.59. The van der Waals surface area contributed by atoms with Crippen LogP contribution in [0.1, 0.15) is 23.7 Å². The molecular formula is C27H27ClF4N4O2. The van der Waals surface area contributed by atoms with Crippen LogP contribution in [0.15, 0.2) is 72.2 Å². The molecule has 11 heteroatoms. The van der Waals surface area contributed by atoms with Gasteiger partial charge in [-0.25, -0.2) is 9.37 Å². The zero-order valence-corrected chi connectivity index (χ0v) is 21.4. The van der Waals surface area contributed by atoms with Gasteiger partial charge >= 0.3 is 6.36 Å². The van der Waals surface area contributed by atoms with Gasteiger partial charge in [-0.3, -0.25) is 9.69 Å². The third kappa shape index (κ3) is 7.58. The van der Waals surface area contributed by atoms with Crippen molar-refractivity contribution >= 4 is 28.9 Å². The van der Waals surface area contributed by atoms with Crippen LogP contribution in [0.5, 0.6) is 0 Å². The van der Waals surface area contributed by atoms with Crippen molar-refractivity contribution in [3.63, 3.8) is 0 Å². The number of ether oxygens (including phenoxy) is 1. The minimum absolute atomic E-state index is 0.0771. The molecule has 2 aromatic rings. The molecule has 0 saturated carbocycles. The maximum Gasteiger partial charge on any atom is 0.572 e. The molecule has 1 saturated heterocycles. The molecule has 1 aromatic heterocycles. The Labute approximate surface area is 223 Å². The van der Waals surface area contributed by atoms with Gasteiger partial charge in [-0.2, -0.15) is 0 Å². The first-order chi connectivity index (χ1) is 18.1. The van der Waals surface area contributed by atoms with Crippen molar-refractivity contribution in [3.8, 4) is 0 Å². The molecule has 1 amide bonds. The molecule has 0 bridgehead atoms. The highest BCUT2D eigenvalue weighted by Gasteiger charge is 2.34. The molecule has 2 heterocycles. The third-order valence-corrected chi connectivity index (χ3v) is 6.53. The van der Waals surface area contributed by atoms with Gasteiger partial charge in [0.25, 0.3) is 5.91 Å². The Balaban J connectivity index is 1.33. The number of nitrogens with zero attached hydrogens (tertiary/aromatic N) is 3. The number of pyridine rings is 1. The van der Waals surface area contributed by atoms with E-state index in [4.69, 9.17) is 11.6 Å². The zero-order valence-electron chi connectivity index (χ0n) is 20.6. The molecule has 1 aliphatic heterocycles. The predicted molar refractivity (Wildman–Crippen MR) is 138 cm³/mol. The number of piperazine rings is 1. The molecular weight excluding hydrogens is 524 g/mol. The summed E-state index contributed by atoms with van der Waals surface area (Å²) < 4.78 is 55.6. The van der Waals surface area contributed by atoms with Gasteiger partial charge in [0.15, 0.2) is 0 Å². The summed E-state index contributed by atoms with van der Waals surface area (Å²) >= 11 is 5.88. The summed E-state index contributed by atoms with van der Waals surface area (Å²) in [7, 11) is 0. The molecule has 1 fully saturated rings. The van der Waals surface area contributed by atoms with Crippen LogP contribution in [-0.4, -0.2) is 54.9 Å². The van der Waals surface area contributed by atoms with Gasteiger partial charge in [0, 0.05) is 50.4 Å². The molecule has 1 N–H and O–H groups in total. The first-order valence-electron chi connectivity index (χ1n) is 12.1. The van der Waals surface area contributed by atoms with Gasteiger partial charge < -0.3 is 15.0 Å². The fraction of sp³-hybridized carbons (Fsp3) is 0.333. The highest BCUT2D eigenvalue weighted by atomic mass is 35.5. The average Bonchev–Trinajstić information content (AvgIpc) is 2.86. The van der Waals surface area contributed by atoms with Gasteiger partial charge in [0.2, 0.25) is 0 Å². The summed E-state index contributed by atoms with van der Waals surface area (Å²) in [5.74, 6) is -1.31. The van der Waals surface area contributed by atoms with Crippen molar-refractivity contribution in [2.45, 2.75) is 19.7 Å². The lowest BCUT2D eigenvalue weighted by atomic mass is 9.94. The van der Waals surface area contributed by atoms with Crippen molar-refractivity contribution in [2.24, 2.45) is 5.92 Å². The molecule has 6 nitrogen and oxygen atoms in total. The minimum Gasteiger partial charge on any atom is -0.410 e. The van der Waals surface area contributed by atoms with Crippen LogP contribution in [0.3, 0.4) is 0 Å². The Morgan fingerprint density at radius 3 is 2.63 bits per heavy atom. The third-order valence-electron chi connectivity index (χ3n) is 6.33. The normalized spacial score (nSPS) is 18.8. The molecule has 202 valence electrons. The van der Waals surface area contributed by atoms with Crippen molar-refractivity contribution in [3.05, 3.63) is 88.7 Å². The summed E-state index contributed by atoms with van der Waals surface area (Å²) in [6.07, 6.45) is 4.18. The number of alkyl halides is 3. The van der Waals surface area contributed by atoms with Gasteiger partial charge in [0.1, 0.15) is 16.7 Å². The second-order valence-corrected chi connectivity index (χ2v) is 9.52. The number of rotatable bonds is 7. The molecule has 1 unspecified atom stereocenters. The maximum atomic E-state index is 14.0. The Bertz CT molecular complexity index is 1250. The average molecular weight is 551 g/mol. The zero-order chi connectivity index (χ0) is 27.3. The topological polar surface area (TPSA) is 57.7 Å². The summed E-state index contributed by atoms with van der Waals surface area (Å²) in [4.78, 5) is 20.9. The SMILES string of the molecule is CC1CC(/C=C/CN2CCN(c3ccc(F)cc3NC(=O)c3ccnc(Cl)c3)CC2)=CC=C1OC(F)(F)F. The summed E-state index contributed by atoms with van der Waals surface area (Å²) in [6.45, 7) is 5.22. The lowest BCUT2D eigenvalue weighted by Gasteiger charge is -2.36. The van der Waals surface area contributed by atoms with Crippen LogP contribution in [-0.2, 0) is 4.74 Å². The molecule has 2 aliphatic rings. The number of benzene rings is 1. The molecule has 1 aromatic carbocycles. The van der Waals surface area contributed by atoms with E-state index in [0.29, 0.717) is 37.3 Å². The fourth-order valence-electron chi connectivity index (χ4n) is 4.41. The van der Waals surface area contributed by atoms with E-state index in [-0.39, 0.29) is 16.8 Å². The van der Waals surface area contributed by atoms with Crippen molar-refractivity contribution in [2.75, 3.05) is 42.9 Å². The Morgan fingerprint density at radius 2 is 1.95 bits per heavy atom. The Hall–Kier alpha value is -3.37. The number of aromatic nitrogens is 1. The highest BCUT2D eigenvalue weighted by Crippen LogP contribution is 2.32. The van der Waals surface area contributed by atoms with Gasteiger partial charge in [0.05, 0.1) is 11.4 Å². The number of nitrogens with one attached hydrogen (secondary N) is 1. The quantitative estimate of drug-likeness (QED) is 0.329. The number of carbonyl (C=O) groups is 1.